The SMILES string of the molecule is N#Cc1ccc(COc2cccc3c2CCC3=O)c(F)c1. The molecule has 2 aromatic rings. The molecule has 0 aromatic heterocycles. The Labute approximate surface area is 121 Å². The molecule has 0 spiro atoms. The molecule has 0 amide bonds. The third kappa shape index (κ3) is 2.50. The summed E-state index contributed by atoms with van der Waals surface area (Å²) in [6.45, 7) is 0.0716. The second kappa shape index (κ2) is 5.37. The largest absolute Gasteiger partial charge is 0.488 e. The van der Waals surface area contributed by atoms with Crippen molar-refractivity contribution in [3.63, 3.8) is 0 Å². The molecule has 0 fully saturated rings. The van der Waals surface area contributed by atoms with E-state index in [1.165, 1.54) is 6.07 Å². The zero-order valence-corrected chi connectivity index (χ0v) is 11.2. The van der Waals surface area contributed by atoms with Gasteiger partial charge in [0, 0.05) is 23.1 Å². The lowest BCUT2D eigenvalue weighted by Crippen LogP contribution is -2.01. The first-order chi connectivity index (χ1) is 10.2. The van der Waals surface area contributed by atoms with Crippen molar-refractivity contribution in [2.24, 2.45) is 0 Å². The Morgan fingerprint density at radius 3 is 2.86 bits per heavy atom. The summed E-state index contributed by atoms with van der Waals surface area (Å²) in [5.74, 6) is 0.291. The molecule has 0 saturated carbocycles. The third-order valence-electron chi connectivity index (χ3n) is 3.60. The van der Waals surface area contributed by atoms with Crippen LogP contribution in [-0.2, 0) is 13.0 Å². The summed E-state index contributed by atoms with van der Waals surface area (Å²) in [6, 6.07) is 11.5. The normalized spacial score (nSPS) is 12.9. The van der Waals surface area contributed by atoms with Crippen molar-refractivity contribution in [1.29, 1.82) is 5.26 Å². The number of halogens is 1. The second-order valence-corrected chi connectivity index (χ2v) is 4.91. The van der Waals surface area contributed by atoms with E-state index in [0.29, 0.717) is 29.7 Å². The molecule has 4 heteroatoms. The highest BCUT2D eigenvalue weighted by atomic mass is 19.1. The summed E-state index contributed by atoms with van der Waals surface area (Å²) < 4.78 is 19.5. The molecule has 21 heavy (non-hydrogen) atoms. The van der Waals surface area contributed by atoms with Crippen LogP contribution in [0.1, 0.15) is 33.5 Å². The van der Waals surface area contributed by atoms with Gasteiger partial charge in [-0.15, -0.1) is 0 Å². The summed E-state index contributed by atoms with van der Waals surface area (Å²) in [5, 5.41) is 8.71. The Morgan fingerprint density at radius 2 is 2.10 bits per heavy atom. The van der Waals surface area contributed by atoms with Gasteiger partial charge in [0.15, 0.2) is 5.78 Å². The van der Waals surface area contributed by atoms with Crippen LogP contribution in [0.3, 0.4) is 0 Å². The van der Waals surface area contributed by atoms with Gasteiger partial charge < -0.3 is 4.74 Å². The lowest BCUT2D eigenvalue weighted by atomic mass is 10.1. The summed E-state index contributed by atoms with van der Waals surface area (Å²) in [4.78, 5) is 11.7. The molecule has 0 unspecified atom stereocenters. The van der Waals surface area contributed by atoms with E-state index in [-0.39, 0.29) is 18.0 Å². The maximum atomic E-state index is 13.8. The fraction of sp³-hybridized carbons (Fsp3) is 0.176. The van der Waals surface area contributed by atoms with Crippen LogP contribution in [0.4, 0.5) is 4.39 Å². The smallest absolute Gasteiger partial charge is 0.163 e. The van der Waals surface area contributed by atoms with Gasteiger partial charge in [-0.3, -0.25) is 4.79 Å². The topological polar surface area (TPSA) is 50.1 Å². The number of hydrogen-bond acceptors (Lipinski definition) is 3. The Balaban J connectivity index is 1.81. The van der Waals surface area contributed by atoms with Crippen molar-refractivity contribution in [3.8, 4) is 11.8 Å². The molecular formula is C17H12FNO2. The zero-order chi connectivity index (χ0) is 14.8. The summed E-state index contributed by atoms with van der Waals surface area (Å²) in [7, 11) is 0. The number of nitrogens with zero attached hydrogens (tertiary/aromatic N) is 1. The van der Waals surface area contributed by atoms with E-state index < -0.39 is 5.82 Å². The minimum atomic E-state index is -0.460. The van der Waals surface area contributed by atoms with Gasteiger partial charge in [0.25, 0.3) is 0 Å². The number of hydrogen-bond donors (Lipinski definition) is 0. The molecule has 0 N–H and O–H groups in total. The van der Waals surface area contributed by atoms with Crippen molar-refractivity contribution in [2.75, 3.05) is 0 Å². The lowest BCUT2D eigenvalue weighted by Gasteiger charge is -2.11. The Bertz CT molecular complexity index is 762. The van der Waals surface area contributed by atoms with Crippen LogP contribution in [0, 0.1) is 17.1 Å². The molecule has 1 aliphatic carbocycles. The van der Waals surface area contributed by atoms with Gasteiger partial charge in [0.2, 0.25) is 0 Å². The van der Waals surface area contributed by atoms with E-state index in [2.05, 4.69) is 0 Å². The van der Waals surface area contributed by atoms with Crippen LogP contribution in [-0.4, -0.2) is 5.78 Å². The van der Waals surface area contributed by atoms with Gasteiger partial charge in [0.05, 0.1) is 11.6 Å². The van der Waals surface area contributed by atoms with E-state index in [0.717, 1.165) is 5.56 Å². The molecule has 0 radical (unpaired) electrons. The van der Waals surface area contributed by atoms with Gasteiger partial charge in [-0.05, 0) is 24.6 Å². The van der Waals surface area contributed by atoms with Crippen molar-refractivity contribution in [1.82, 2.24) is 0 Å². The first-order valence-electron chi connectivity index (χ1n) is 6.65. The van der Waals surface area contributed by atoms with Crippen LogP contribution in [0.5, 0.6) is 5.75 Å². The summed E-state index contributed by atoms with van der Waals surface area (Å²) >= 11 is 0. The molecular weight excluding hydrogens is 269 g/mol. The van der Waals surface area contributed by atoms with Crippen molar-refractivity contribution in [3.05, 3.63) is 64.5 Å². The fourth-order valence-corrected chi connectivity index (χ4v) is 2.48. The predicted octanol–water partition coefficient (Wildman–Crippen LogP) is 3.41. The fourth-order valence-electron chi connectivity index (χ4n) is 2.48. The van der Waals surface area contributed by atoms with E-state index in [4.69, 9.17) is 10.00 Å². The maximum absolute atomic E-state index is 13.8. The Kier molecular flexibility index (Phi) is 3.41. The number of nitriles is 1. The van der Waals surface area contributed by atoms with Gasteiger partial charge in [0.1, 0.15) is 18.2 Å². The minimum absolute atomic E-state index is 0.0716. The van der Waals surface area contributed by atoms with E-state index in [1.54, 1.807) is 30.3 Å². The average molecular weight is 281 g/mol. The van der Waals surface area contributed by atoms with Gasteiger partial charge in [-0.2, -0.15) is 5.26 Å². The predicted molar refractivity (Wildman–Crippen MR) is 74.5 cm³/mol. The summed E-state index contributed by atoms with van der Waals surface area (Å²) in [5.41, 5.74) is 2.27. The molecule has 0 atom stereocenters. The number of ketones is 1. The molecule has 0 saturated heterocycles. The highest BCUT2D eigenvalue weighted by Gasteiger charge is 2.22. The van der Waals surface area contributed by atoms with E-state index in [1.807, 2.05) is 6.07 Å². The molecule has 0 bridgehead atoms. The number of carbonyl (C=O) groups excluding carboxylic acids is 1. The third-order valence-corrected chi connectivity index (χ3v) is 3.60. The number of Topliss-reactive ketones (excluding diaryl/α,β-unsaturated/α-hetero) is 1. The quantitative estimate of drug-likeness (QED) is 0.866. The molecule has 1 aliphatic rings. The second-order valence-electron chi connectivity index (χ2n) is 4.91. The van der Waals surface area contributed by atoms with Crippen LogP contribution in [0.25, 0.3) is 0 Å². The van der Waals surface area contributed by atoms with Crippen molar-refractivity contribution >= 4 is 5.78 Å². The molecule has 3 nitrogen and oxygen atoms in total. The van der Waals surface area contributed by atoms with Crippen LogP contribution in [0.15, 0.2) is 36.4 Å². The van der Waals surface area contributed by atoms with Gasteiger partial charge in [-0.25, -0.2) is 4.39 Å². The Morgan fingerprint density at radius 1 is 1.24 bits per heavy atom. The number of ether oxygens (including phenoxy) is 1. The highest BCUT2D eigenvalue weighted by molar-refractivity contribution is 6.01. The summed E-state index contributed by atoms with van der Waals surface area (Å²) in [6.07, 6.45) is 1.17. The Hall–Kier alpha value is -2.67. The van der Waals surface area contributed by atoms with E-state index >= 15 is 0 Å². The molecule has 104 valence electrons. The number of benzene rings is 2. The zero-order valence-electron chi connectivity index (χ0n) is 11.2. The standard InChI is InChI=1S/C17H12FNO2/c18-15-8-11(9-19)4-5-12(15)10-21-17-3-1-2-13-14(17)6-7-16(13)20/h1-5,8H,6-7,10H2. The molecule has 3 rings (SSSR count). The number of carbonyl (C=O) groups is 1. The lowest BCUT2D eigenvalue weighted by molar-refractivity contribution is 0.0994. The molecule has 0 aliphatic heterocycles. The number of fused-ring (bicyclic) bond motifs is 1. The monoisotopic (exact) mass is 281 g/mol. The van der Waals surface area contributed by atoms with Crippen molar-refractivity contribution in [2.45, 2.75) is 19.4 Å². The molecule has 0 heterocycles. The number of rotatable bonds is 3. The van der Waals surface area contributed by atoms with Crippen LogP contribution < -0.4 is 4.74 Å². The molecule has 2 aromatic carbocycles. The van der Waals surface area contributed by atoms with Crippen LogP contribution >= 0.6 is 0 Å². The first kappa shape index (κ1) is 13.3. The minimum Gasteiger partial charge on any atom is -0.488 e. The first-order valence-corrected chi connectivity index (χ1v) is 6.65. The van der Waals surface area contributed by atoms with Gasteiger partial charge >= 0.3 is 0 Å². The highest BCUT2D eigenvalue weighted by Crippen LogP contribution is 2.31. The van der Waals surface area contributed by atoms with Crippen molar-refractivity contribution < 1.29 is 13.9 Å². The average Bonchev–Trinajstić information content (AvgIpc) is 2.88. The van der Waals surface area contributed by atoms with Crippen LogP contribution in [0.2, 0.25) is 0 Å². The maximum Gasteiger partial charge on any atom is 0.163 e. The van der Waals surface area contributed by atoms with E-state index in [9.17, 15) is 9.18 Å². The van der Waals surface area contributed by atoms with Gasteiger partial charge in [-0.1, -0.05) is 18.2 Å².